The van der Waals surface area contributed by atoms with Crippen LogP contribution in [-0.2, 0) is 27.2 Å². The van der Waals surface area contributed by atoms with Crippen molar-refractivity contribution in [2.24, 2.45) is 5.41 Å². The van der Waals surface area contributed by atoms with Gasteiger partial charge in [-0.2, -0.15) is 0 Å². The van der Waals surface area contributed by atoms with Gasteiger partial charge >= 0.3 is 0 Å². The van der Waals surface area contributed by atoms with Gasteiger partial charge in [-0.25, -0.2) is 14.3 Å². The predicted octanol–water partition coefficient (Wildman–Crippen LogP) is 6.46. The molecule has 1 aliphatic rings. The van der Waals surface area contributed by atoms with Gasteiger partial charge < -0.3 is 14.2 Å². The number of rotatable bonds is 16. The van der Waals surface area contributed by atoms with Crippen LogP contribution in [0.2, 0.25) is 0 Å². The first kappa shape index (κ1) is 32.5. The van der Waals surface area contributed by atoms with Gasteiger partial charge in [-0.1, -0.05) is 18.2 Å². The van der Waals surface area contributed by atoms with Crippen molar-refractivity contribution in [3.63, 3.8) is 0 Å². The Balaban J connectivity index is 1.24. The molecule has 0 unspecified atom stereocenters. The van der Waals surface area contributed by atoms with E-state index in [1.165, 1.54) is 49.7 Å². The molecule has 1 heterocycles. The highest BCUT2D eigenvalue weighted by molar-refractivity contribution is 6.11. The minimum atomic E-state index is -1.08. The maximum Gasteiger partial charge on any atom is 0.243 e. The van der Waals surface area contributed by atoms with Gasteiger partial charge in [0, 0.05) is 36.9 Å². The van der Waals surface area contributed by atoms with Crippen LogP contribution in [-0.4, -0.2) is 41.4 Å². The van der Waals surface area contributed by atoms with Crippen molar-refractivity contribution in [3.05, 3.63) is 89.6 Å². The lowest BCUT2D eigenvalue weighted by Crippen LogP contribution is -2.28. The molecule has 1 fully saturated rings. The lowest BCUT2D eigenvalue weighted by Gasteiger charge is -2.15. The number of ether oxygens (including phenoxy) is 3. The number of pyridine rings is 1. The number of ketones is 2. The standard InChI is InChI=1S/C35H34F2N2O7/c1-44-30-21-27-25(20-31(30)45-16-4-2-3-5-34(42)39-43)28(12-15-38-27)46-29-11-8-23(17-26(29)37)19-33(41)35(13-14-35)32(40)18-22-6-9-24(36)10-7-22/h6-12,15,17,20-21,43H,2-5,13-14,16,18-19H2,1H3,(H,39,42). The van der Waals surface area contributed by atoms with Crippen LogP contribution in [0.4, 0.5) is 8.78 Å². The Morgan fingerprint density at radius 3 is 2.24 bits per heavy atom. The summed E-state index contributed by atoms with van der Waals surface area (Å²) in [5, 5.41) is 9.15. The molecule has 9 nitrogen and oxygen atoms in total. The lowest BCUT2D eigenvalue weighted by molar-refractivity contribution is -0.134. The topological polar surface area (TPSA) is 124 Å². The second-order valence-corrected chi connectivity index (χ2v) is 11.3. The van der Waals surface area contributed by atoms with Crippen molar-refractivity contribution in [1.29, 1.82) is 0 Å². The highest BCUT2D eigenvalue weighted by Crippen LogP contribution is 2.49. The maximum atomic E-state index is 15.3. The van der Waals surface area contributed by atoms with Gasteiger partial charge in [-0.3, -0.25) is 24.6 Å². The third-order valence-corrected chi connectivity index (χ3v) is 8.09. The van der Waals surface area contributed by atoms with Crippen molar-refractivity contribution < 1.29 is 42.6 Å². The number of unbranched alkanes of at least 4 members (excludes halogenated alkanes) is 2. The number of aromatic nitrogens is 1. The molecule has 1 amide bonds. The van der Waals surface area contributed by atoms with Crippen molar-refractivity contribution >= 4 is 28.4 Å². The van der Waals surface area contributed by atoms with Crippen LogP contribution in [0.15, 0.2) is 66.9 Å². The van der Waals surface area contributed by atoms with Crippen LogP contribution in [0.1, 0.15) is 49.7 Å². The van der Waals surface area contributed by atoms with E-state index in [-0.39, 0.29) is 36.6 Å². The number of benzene rings is 3. The largest absolute Gasteiger partial charge is 0.493 e. The smallest absolute Gasteiger partial charge is 0.243 e. The first-order chi connectivity index (χ1) is 22.2. The number of carbonyl (C=O) groups is 3. The number of hydrogen-bond acceptors (Lipinski definition) is 8. The third kappa shape index (κ3) is 7.66. The average Bonchev–Trinajstić information content (AvgIpc) is 3.87. The number of nitrogens with zero attached hydrogens (tertiary/aromatic N) is 1. The fourth-order valence-electron chi connectivity index (χ4n) is 5.30. The molecule has 3 aromatic carbocycles. The summed E-state index contributed by atoms with van der Waals surface area (Å²) in [6.45, 7) is 0.354. The predicted molar refractivity (Wildman–Crippen MR) is 164 cm³/mol. The van der Waals surface area contributed by atoms with Crippen LogP contribution >= 0.6 is 0 Å². The quantitative estimate of drug-likeness (QED) is 0.0624. The van der Waals surface area contributed by atoms with E-state index in [1.807, 2.05) is 0 Å². The van der Waals surface area contributed by atoms with Crippen molar-refractivity contribution in [1.82, 2.24) is 10.5 Å². The van der Waals surface area contributed by atoms with Gasteiger partial charge in [0.1, 0.15) is 11.6 Å². The van der Waals surface area contributed by atoms with Gasteiger partial charge in [0.05, 0.1) is 24.6 Å². The first-order valence-corrected chi connectivity index (χ1v) is 15.0. The van der Waals surface area contributed by atoms with Gasteiger partial charge in [-0.05, 0) is 79.6 Å². The molecule has 0 saturated heterocycles. The molecular weight excluding hydrogens is 598 g/mol. The zero-order chi connectivity index (χ0) is 32.7. The molecule has 1 saturated carbocycles. The summed E-state index contributed by atoms with van der Waals surface area (Å²) < 4.78 is 45.9. The zero-order valence-electron chi connectivity index (χ0n) is 25.3. The van der Waals surface area contributed by atoms with E-state index in [0.717, 1.165) is 0 Å². The number of methoxy groups -OCH3 is 1. The molecule has 11 heteroatoms. The number of carbonyl (C=O) groups excluding carboxylic acids is 3. The van der Waals surface area contributed by atoms with Crippen molar-refractivity contribution in [2.75, 3.05) is 13.7 Å². The lowest BCUT2D eigenvalue weighted by atomic mass is 9.88. The van der Waals surface area contributed by atoms with Gasteiger partial charge in [0.2, 0.25) is 5.91 Å². The summed E-state index contributed by atoms with van der Waals surface area (Å²) in [6.07, 6.45) is 4.57. The number of hydroxylamine groups is 1. The molecule has 240 valence electrons. The summed E-state index contributed by atoms with van der Waals surface area (Å²) in [5.41, 5.74) is 2.14. The van der Waals surface area contributed by atoms with Crippen LogP contribution in [0.25, 0.3) is 10.9 Å². The number of fused-ring (bicyclic) bond motifs is 1. The summed E-state index contributed by atoms with van der Waals surface area (Å²) >= 11 is 0. The van der Waals surface area contributed by atoms with Crippen LogP contribution in [0.5, 0.6) is 23.0 Å². The van der Waals surface area contributed by atoms with Crippen LogP contribution < -0.4 is 19.7 Å². The van der Waals surface area contributed by atoms with E-state index in [1.54, 1.807) is 29.7 Å². The Hall–Kier alpha value is -4.90. The molecule has 4 aromatic rings. The fourth-order valence-corrected chi connectivity index (χ4v) is 5.30. The Labute approximate surface area is 264 Å². The summed E-state index contributed by atoms with van der Waals surface area (Å²) in [5.74, 6) is -0.786. The monoisotopic (exact) mass is 632 g/mol. The minimum absolute atomic E-state index is 0.0389. The number of Topliss-reactive ketones (excluding diaryl/α,β-unsaturated/α-hetero) is 2. The maximum absolute atomic E-state index is 15.3. The number of hydrogen-bond donors (Lipinski definition) is 2. The summed E-state index contributed by atoms with van der Waals surface area (Å²) in [4.78, 5) is 41.7. The molecule has 1 aliphatic carbocycles. The SMILES string of the molecule is COc1cc2nccc(Oc3ccc(CC(=O)C4(C(=O)Cc5ccc(F)cc5)CC4)cc3F)c2cc1OCCCCCC(=O)NO. The van der Waals surface area contributed by atoms with Gasteiger partial charge in [0.15, 0.2) is 34.6 Å². The van der Waals surface area contributed by atoms with Crippen LogP contribution in [0.3, 0.4) is 0 Å². The molecule has 0 radical (unpaired) electrons. The number of halogens is 2. The molecule has 0 bridgehead atoms. The second kappa shape index (κ2) is 14.5. The highest BCUT2D eigenvalue weighted by atomic mass is 19.1. The highest BCUT2D eigenvalue weighted by Gasteiger charge is 2.54. The fraction of sp³-hybridized carbons (Fsp3) is 0.314. The molecule has 2 N–H and O–H groups in total. The Bertz CT molecular complexity index is 1740. The van der Waals surface area contributed by atoms with E-state index in [2.05, 4.69) is 4.98 Å². The summed E-state index contributed by atoms with van der Waals surface area (Å²) in [7, 11) is 1.51. The molecule has 1 aromatic heterocycles. The molecule has 46 heavy (non-hydrogen) atoms. The average molecular weight is 633 g/mol. The molecule has 0 spiro atoms. The molecular formula is C35H34F2N2O7. The minimum Gasteiger partial charge on any atom is -0.493 e. The van der Waals surface area contributed by atoms with Gasteiger partial charge in [-0.15, -0.1) is 0 Å². The Morgan fingerprint density at radius 1 is 0.848 bits per heavy atom. The second-order valence-electron chi connectivity index (χ2n) is 11.3. The molecule has 0 aliphatic heterocycles. The van der Waals surface area contributed by atoms with Crippen molar-refractivity contribution in [2.45, 2.75) is 51.4 Å². The number of nitrogens with one attached hydrogen (secondary N) is 1. The van der Waals surface area contributed by atoms with E-state index >= 15 is 4.39 Å². The van der Waals surface area contributed by atoms with E-state index in [9.17, 15) is 18.8 Å². The normalized spacial score (nSPS) is 13.2. The molecule has 0 atom stereocenters. The van der Waals surface area contributed by atoms with E-state index in [4.69, 9.17) is 19.4 Å². The van der Waals surface area contributed by atoms with E-state index in [0.29, 0.717) is 78.0 Å². The summed E-state index contributed by atoms with van der Waals surface area (Å²) in [6, 6.07) is 14.9. The Kier molecular flexibility index (Phi) is 10.2. The zero-order valence-corrected chi connectivity index (χ0v) is 25.3. The number of amides is 1. The van der Waals surface area contributed by atoms with Gasteiger partial charge in [0.25, 0.3) is 0 Å². The van der Waals surface area contributed by atoms with Crippen LogP contribution in [0, 0.1) is 17.0 Å². The first-order valence-electron chi connectivity index (χ1n) is 15.0. The van der Waals surface area contributed by atoms with Crippen molar-refractivity contribution in [3.8, 4) is 23.0 Å². The Morgan fingerprint density at radius 2 is 1.57 bits per heavy atom. The third-order valence-electron chi connectivity index (χ3n) is 8.09. The molecule has 5 rings (SSSR count). The van der Waals surface area contributed by atoms with E-state index < -0.39 is 23.0 Å².